The fourth-order valence-electron chi connectivity index (χ4n) is 1.04. The van der Waals surface area contributed by atoms with Crippen molar-refractivity contribution < 1.29 is 31.5 Å². The average Bonchev–Trinajstić information content (AvgIpc) is 2.13. The first-order valence-corrected chi connectivity index (χ1v) is 6.45. The van der Waals surface area contributed by atoms with Gasteiger partial charge in [-0.1, -0.05) is 0 Å². The number of sulfonamides is 1. The number of aliphatic carboxylic acids is 1. The molecule has 0 saturated heterocycles. The van der Waals surface area contributed by atoms with Gasteiger partial charge >= 0.3 is 12.1 Å². The summed E-state index contributed by atoms with van der Waals surface area (Å²) in [6, 6.07) is -1.52. The Bertz CT molecular complexity index is 424. The van der Waals surface area contributed by atoms with E-state index in [1.807, 2.05) is 5.92 Å². The minimum Gasteiger partial charge on any atom is -0.480 e. The van der Waals surface area contributed by atoms with Gasteiger partial charge in [0, 0.05) is 12.8 Å². The number of carboxylic acid groups (broad SMARTS) is 1. The fourth-order valence-corrected chi connectivity index (χ4v) is 2.30. The van der Waals surface area contributed by atoms with Crippen LogP contribution in [0.3, 0.4) is 0 Å². The molecule has 0 aliphatic heterocycles. The molecule has 1 unspecified atom stereocenters. The van der Waals surface area contributed by atoms with Gasteiger partial charge in [-0.2, -0.15) is 17.9 Å². The summed E-state index contributed by atoms with van der Waals surface area (Å²) in [6.45, 7) is 0. The summed E-state index contributed by atoms with van der Waals surface area (Å²) in [7, 11) is -4.10. The van der Waals surface area contributed by atoms with Gasteiger partial charge in [-0.05, 0) is 6.42 Å². The third-order valence-electron chi connectivity index (χ3n) is 1.82. The number of nitrogens with one attached hydrogen (secondary N) is 1. The van der Waals surface area contributed by atoms with Gasteiger partial charge in [-0.25, -0.2) is 8.42 Å². The quantitative estimate of drug-likeness (QED) is 0.676. The van der Waals surface area contributed by atoms with Crippen molar-refractivity contribution in [3.05, 3.63) is 0 Å². The molecule has 0 spiro atoms. The summed E-state index contributed by atoms with van der Waals surface area (Å²) in [5.41, 5.74) is 0. The zero-order chi connectivity index (χ0) is 14.4. The first-order valence-electron chi connectivity index (χ1n) is 4.80. The highest BCUT2D eigenvalue weighted by Crippen LogP contribution is 2.21. The SMILES string of the molecule is C#CCC(NS(=O)(=O)CCCC(F)(F)F)C(=O)O. The van der Waals surface area contributed by atoms with E-state index >= 15 is 0 Å². The second-order valence-corrected chi connectivity index (χ2v) is 5.33. The molecule has 0 aromatic rings. The predicted molar refractivity (Wildman–Crippen MR) is 57.1 cm³/mol. The molecule has 1 atom stereocenters. The first-order chi connectivity index (χ1) is 8.07. The summed E-state index contributed by atoms with van der Waals surface area (Å²) in [4.78, 5) is 10.6. The van der Waals surface area contributed by atoms with Crippen LogP contribution < -0.4 is 4.72 Å². The lowest BCUT2D eigenvalue weighted by atomic mass is 10.2. The molecule has 0 bridgehead atoms. The highest BCUT2D eigenvalue weighted by Gasteiger charge is 2.28. The number of halogens is 3. The highest BCUT2D eigenvalue weighted by atomic mass is 32.2. The normalized spacial score (nSPS) is 13.9. The van der Waals surface area contributed by atoms with E-state index in [9.17, 15) is 26.4 Å². The number of rotatable bonds is 7. The number of hydrogen-bond donors (Lipinski definition) is 2. The van der Waals surface area contributed by atoms with Crippen LogP contribution in [0.1, 0.15) is 19.3 Å². The molecule has 2 N–H and O–H groups in total. The molecule has 0 aromatic heterocycles. The molecule has 0 fully saturated rings. The van der Waals surface area contributed by atoms with Crippen LogP contribution in [-0.2, 0) is 14.8 Å². The van der Waals surface area contributed by atoms with Gasteiger partial charge in [0.15, 0.2) is 0 Å². The summed E-state index contributed by atoms with van der Waals surface area (Å²) >= 11 is 0. The van der Waals surface area contributed by atoms with Crippen LogP contribution in [0, 0.1) is 12.3 Å². The van der Waals surface area contributed by atoms with E-state index in [0.29, 0.717) is 0 Å². The number of alkyl halides is 3. The Labute approximate surface area is 102 Å². The summed E-state index contributed by atoms with van der Waals surface area (Å²) in [6.07, 6.45) is -1.87. The Morgan fingerprint density at radius 3 is 2.39 bits per heavy atom. The number of carbonyl (C=O) groups is 1. The van der Waals surface area contributed by atoms with Crippen LogP contribution in [0.4, 0.5) is 13.2 Å². The number of carboxylic acids is 1. The van der Waals surface area contributed by atoms with Crippen molar-refractivity contribution in [1.82, 2.24) is 4.72 Å². The Morgan fingerprint density at radius 1 is 1.44 bits per heavy atom. The van der Waals surface area contributed by atoms with E-state index in [0.717, 1.165) is 0 Å². The lowest BCUT2D eigenvalue weighted by Crippen LogP contribution is -2.41. The minimum absolute atomic E-state index is 0.381. The van der Waals surface area contributed by atoms with E-state index < -0.39 is 46.8 Å². The van der Waals surface area contributed by atoms with E-state index in [2.05, 4.69) is 0 Å². The molecular formula is C9H12F3NO4S. The van der Waals surface area contributed by atoms with Gasteiger partial charge < -0.3 is 5.11 Å². The molecule has 0 aromatic carbocycles. The third-order valence-corrected chi connectivity index (χ3v) is 3.28. The topological polar surface area (TPSA) is 83.5 Å². The first kappa shape index (κ1) is 16.7. The molecule has 5 nitrogen and oxygen atoms in total. The molecule has 0 radical (unpaired) electrons. The van der Waals surface area contributed by atoms with Crippen LogP contribution >= 0.6 is 0 Å². The van der Waals surface area contributed by atoms with Crippen molar-refractivity contribution in [2.75, 3.05) is 5.75 Å². The van der Waals surface area contributed by atoms with Crippen LogP contribution in [-0.4, -0.2) is 37.5 Å². The van der Waals surface area contributed by atoms with E-state index in [1.54, 1.807) is 4.72 Å². The fraction of sp³-hybridized carbons (Fsp3) is 0.667. The summed E-state index contributed by atoms with van der Waals surface area (Å²) < 4.78 is 59.8. The zero-order valence-corrected chi connectivity index (χ0v) is 10.0. The molecular weight excluding hydrogens is 275 g/mol. The van der Waals surface area contributed by atoms with E-state index in [4.69, 9.17) is 11.5 Å². The van der Waals surface area contributed by atoms with Gasteiger partial charge in [-0.15, -0.1) is 12.3 Å². The summed E-state index contributed by atoms with van der Waals surface area (Å²) in [5.74, 6) is -0.320. The molecule has 18 heavy (non-hydrogen) atoms. The lowest BCUT2D eigenvalue weighted by molar-refractivity contribution is -0.139. The number of hydrogen-bond acceptors (Lipinski definition) is 3. The summed E-state index contributed by atoms with van der Waals surface area (Å²) in [5, 5.41) is 8.62. The smallest absolute Gasteiger partial charge is 0.389 e. The van der Waals surface area contributed by atoms with Gasteiger partial charge in [0.1, 0.15) is 6.04 Å². The zero-order valence-electron chi connectivity index (χ0n) is 9.20. The Morgan fingerprint density at radius 2 is 2.00 bits per heavy atom. The number of terminal acetylenes is 1. The highest BCUT2D eigenvalue weighted by molar-refractivity contribution is 7.89. The van der Waals surface area contributed by atoms with Crippen molar-refractivity contribution in [2.24, 2.45) is 0 Å². The maximum atomic E-state index is 11.8. The van der Waals surface area contributed by atoms with Crippen LogP contribution in [0.15, 0.2) is 0 Å². The van der Waals surface area contributed by atoms with Gasteiger partial charge in [-0.3, -0.25) is 4.79 Å². The average molecular weight is 287 g/mol. The van der Waals surface area contributed by atoms with Gasteiger partial charge in [0.05, 0.1) is 5.75 Å². The van der Waals surface area contributed by atoms with Crippen molar-refractivity contribution in [1.29, 1.82) is 0 Å². The Balaban J connectivity index is 4.38. The van der Waals surface area contributed by atoms with E-state index in [1.165, 1.54) is 0 Å². The molecule has 0 aliphatic rings. The standard InChI is InChI=1S/C9H12F3NO4S/c1-2-4-7(8(14)15)13-18(16,17)6-3-5-9(10,11)12/h1,7,13H,3-6H2,(H,14,15). The molecule has 9 heteroatoms. The molecule has 0 aliphatic carbocycles. The van der Waals surface area contributed by atoms with Crippen LogP contribution in [0.25, 0.3) is 0 Å². The molecule has 0 saturated carbocycles. The predicted octanol–water partition coefficient (Wildman–Crippen LogP) is 0.725. The minimum atomic E-state index is -4.44. The van der Waals surface area contributed by atoms with Crippen LogP contribution in [0.2, 0.25) is 0 Å². The van der Waals surface area contributed by atoms with Crippen molar-refractivity contribution in [3.8, 4) is 12.3 Å². The van der Waals surface area contributed by atoms with E-state index in [-0.39, 0.29) is 6.42 Å². The maximum absolute atomic E-state index is 11.8. The second kappa shape index (κ2) is 6.61. The Kier molecular flexibility index (Phi) is 6.14. The van der Waals surface area contributed by atoms with Crippen molar-refractivity contribution in [2.45, 2.75) is 31.5 Å². The molecule has 0 rings (SSSR count). The van der Waals surface area contributed by atoms with Crippen molar-refractivity contribution >= 4 is 16.0 Å². The van der Waals surface area contributed by atoms with Gasteiger partial charge in [0.25, 0.3) is 0 Å². The Hall–Kier alpha value is -1.27. The van der Waals surface area contributed by atoms with Crippen LogP contribution in [0.5, 0.6) is 0 Å². The van der Waals surface area contributed by atoms with Gasteiger partial charge in [0.2, 0.25) is 10.0 Å². The largest absolute Gasteiger partial charge is 0.480 e. The second-order valence-electron chi connectivity index (χ2n) is 3.45. The maximum Gasteiger partial charge on any atom is 0.389 e. The lowest BCUT2D eigenvalue weighted by Gasteiger charge is -2.12. The van der Waals surface area contributed by atoms with Crippen molar-refractivity contribution in [3.63, 3.8) is 0 Å². The monoisotopic (exact) mass is 287 g/mol. The molecule has 104 valence electrons. The third kappa shape index (κ3) is 7.92. The molecule has 0 heterocycles. The molecule has 0 amide bonds.